The SMILES string of the molecule is CCCC[C@@H](C)[C@H]1OC(=O)C(C)=C[C@@H]1OCc1ccccc1. The summed E-state index contributed by atoms with van der Waals surface area (Å²) in [6.07, 6.45) is 4.91. The van der Waals surface area contributed by atoms with Crippen LogP contribution in [0.3, 0.4) is 0 Å². The highest BCUT2D eigenvalue weighted by Gasteiger charge is 2.34. The van der Waals surface area contributed by atoms with Gasteiger partial charge in [-0.3, -0.25) is 0 Å². The molecule has 0 aliphatic carbocycles. The normalized spacial score (nSPS) is 22.9. The van der Waals surface area contributed by atoms with E-state index in [0.29, 0.717) is 18.1 Å². The Morgan fingerprint density at radius 2 is 2.00 bits per heavy atom. The molecular weight excluding hydrogens is 276 g/mol. The van der Waals surface area contributed by atoms with Crippen LogP contribution in [0.2, 0.25) is 0 Å². The third kappa shape index (κ3) is 4.44. The molecule has 1 aliphatic heterocycles. The van der Waals surface area contributed by atoms with E-state index in [4.69, 9.17) is 9.47 Å². The molecule has 3 heteroatoms. The summed E-state index contributed by atoms with van der Waals surface area (Å²) in [5.74, 6) is 0.0851. The maximum absolute atomic E-state index is 11.9. The van der Waals surface area contributed by atoms with Crippen molar-refractivity contribution in [3.8, 4) is 0 Å². The highest BCUT2D eigenvalue weighted by atomic mass is 16.6. The van der Waals surface area contributed by atoms with Crippen molar-refractivity contribution < 1.29 is 14.3 Å². The minimum atomic E-state index is -0.215. The molecule has 0 saturated carbocycles. The van der Waals surface area contributed by atoms with Gasteiger partial charge in [-0.05, 0) is 30.9 Å². The van der Waals surface area contributed by atoms with Crippen molar-refractivity contribution in [2.75, 3.05) is 0 Å². The smallest absolute Gasteiger partial charge is 0.333 e. The predicted molar refractivity (Wildman–Crippen MR) is 87.3 cm³/mol. The summed E-state index contributed by atoms with van der Waals surface area (Å²) < 4.78 is 11.7. The minimum absolute atomic E-state index is 0.162. The fraction of sp³-hybridized carbons (Fsp3) is 0.526. The lowest BCUT2D eigenvalue weighted by atomic mass is 9.91. The topological polar surface area (TPSA) is 35.5 Å². The first kappa shape index (κ1) is 16.8. The molecule has 1 aromatic carbocycles. The molecule has 0 bridgehead atoms. The zero-order chi connectivity index (χ0) is 15.9. The summed E-state index contributed by atoms with van der Waals surface area (Å²) >= 11 is 0. The van der Waals surface area contributed by atoms with Gasteiger partial charge in [0.05, 0.1) is 6.61 Å². The lowest BCUT2D eigenvalue weighted by molar-refractivity contribution is -0.159. The number of hydrogen-bond acceptors (Lipinski definition) is 3. The zero-order valence-electron chi connectivity index (χ0n) is 13.7. The van der Waals surface area contributed by atoms with E-state index in [1.54, 1.807) is 6.92 Å². The second kappa shape index (κ2) is 8.14. The second-order valence-corrected chi connectivity index (χ2v) is 6.10. The monoisotopic (exact) mass is 302 g/mol. The van der Waals surface area contributed by atoms with Crippen molar-refractivity contribution in [1.29, 1.82) is 0 Å². The first-order chi connectivity index (χ1) is 10.6. The lowest BCUT2D eigenvalue weighted by Crippen LogP contribution is -2.41. The number of benzene rings is 1. The summed E-state index contributed by atoms with van der Waals surface area (Å²) in [6, 6.07) is 10.1. The Morgan fingerprint density at radius 1 is 1.27 bits per heavy atom. The van der Waals surface area contributed by atoms with Gasteiger partial charge in [0.1, 0.15) is 12.2 Å². The molecule has 2 rings (SSSR count). The van der Waals surface area contributed by atoms with Gasteiger partial charge in [0.25, 0.3) is 0 Å². The molecule has 0 radical (unpaired) electrons. The fourth-order valence-electron chi connectivity index (χ4n) is 2.73. The van der Waals surface area contributed by atoms with Gasteiger partial charge in [-0.1, -0.05) is 57.0 Å². The number of rotatable bonds is 7. The summed E-state index contributed by atoms with van der Waals surface area (Å²) in [6.45, 7) is 6.63. The van der Waals surface area contributed by atoms with Crippen LogP contribution in [0.25, 0.3) is 0 Å². The van der Waals surface area contributed by atoms with Crippen LogP contribution < -0.4 is 0 Å². The van der Waals surface area contributed by atoms with Crippen LogP contribution in [-0.4, -0.2) is 18.2 Å². The van der Waals surface area contributed by atoms with Gasteiger partial charge in [0, 0.05) is 5.57 Å². The van der Waals surface area contributed by atoms with E-state index in [9.17, 15) is 4.79 Å². The average Bonchev–Trinajstić information content (AvgIpc) is 2.54. The predicted octanol–water partition coefficient (Wildman–Crippen LogP) is 4.27. The molecule has 3 nitrogen and oxygen atoms in total. The standard InChI is InChI=1S/C19H26O3/c1-4-5-9-14(2)18-17(12-15(3)19(20)22-18)21-13-16-10-7-6-8-11-16/h6-8,10-12,14,17-18H,4-5,9,13H2,1-3H3/t14-,17+,18-/m1/s1. The first-order valence-electron chi connectivity index (χ1n) is 8.16. The minimum Gasteiger partial charge on any atom is -0.456 e. The number of carbonyl (C=O) groups is 1. The molecule has 120 valence electrons. The Labute approximate surface area is 133 Å². The molecule has 1 aliphatic rings. The van der Waals surface area contributed by atoms with E-state index in [1.807, 2.05) is 36.4 Å². The highest BCUT2D eigenvalue weighted by Crippen LogP contribution is 2.27. The third-order valence-corrected chi connectivity index (χ3v) is 4.16. The molecule has 0 fully saturated rings. The molecule has 0 spiro atoms. The maximum Gasteiger partial charge on any atom is 0.333 e. The summed E-state index contributed by atoms with van der Waals surface area (Å²) in [7, 11) is 0. The van der Waals surface area contributed by atoms with Crippen LogP contribution in [0, 0.1) is 5.92 Å². The zero-order valence-corrected chi connectivity index (χ0v) is 13.7. The van der Waals surface area contributed by atoms with E-state index in [0.717, 1.165) is 24.8 Å². The van der Waals surface area contributed by atoms with Crippen molar-refractivity contribution in [3.05, 3.63) is 47.5 Å². The van der Waals surface area contributed by atoms with Crippen LogP contribution in [-0.2, 0) is 20.9 Å². The Bertz CT molecular complexity index is 507. The maximum atomic E-state index is 11.9. The van der Waals surface area contributed by atoms with Crippen LogP contribution in [0.4, 0.5) is 0 Å². The molecule has 3 atom stereocenters. The number of hydrogen-bond donors (Lipinski definition) is 0. The Balaban J connectivity index is 2.04. The van der Waals surface area contributed by atoms with Crippen LogP contribution in [0.5, 0.6) is 0 Å². The van der Waals surface area contributed by atoms with E-state index in [-0.39, 0.29) is 18.2 Å². The Hall–Kier alpha value is -1.61. The number of carbonyl (C=O) groups excluding carboxylic acids is 1. The van der Waals surface area contributed by atoms with Crippen molar-refractivity contribution in [1.82, 2.24) is 0 Å². The summed E-state index contributed by atoms with van der Waals surface area (Å²) in [4.78, 5) is 11.9. The second-order valence-electron chi connectivity index (χ2n) is 6.10. The molecule has 0 N–H and O–H groups in total. The lowest BCUT2D eigenvalue weighted by Gasteiger charge is -2.33. The van der Waals surface area contributed by atoms with Crippen LogP contribution in [0.15, 0.2) is 42.0 Å². The number of esters is 1. The third-order valence-electron chi connectivity index (χ3n) is 4.16. The van der Waals surface area contributed by atoms with E-state index < -0.39 is 0 Å². The van der Waals surface area contributed by atoms with Gasteiger partial charge in [-0.25, -0.2) is 4.79 Å². The molecule has 0 saturated heterocycles. The fourth-order valence-corrected chi connectivity index (χ4v) is 2.73. The molecular formula is C19H26O3. The van der Waals surface area contributed by atoms with Crippen molar-refractivity contribution in [3.63, 3.8) is 0 Å². The van der Waals surface area contributed by atoms with Crippen molar-refractivity contribution in [2.24, 2.45) is 5.92 Å². The van der Waals surface area contributed by atoms with Gasteiger partial charge in [0.2, 0.25) is 0 Å². The summed E-state index contributed by atoms with van der Waals surface area (Å²) in [5.41, 5.74) is 1.77. The number of unbranched alkanes of at least 4 members (excludes halogenated alkanes) is 1. The molecule has 0 amide bonds. The van der Waals surface area contributed by atoms with Crippen molar-refractivity contribution in [2.45, 2.75) is 58.8 Å². The average molecular weight is 302 g/mol. The first-order valence-corrected chi connectivity index (χ1v) is 8.16. The Morgan fingerprint density at radius 3 is 2.68 bits per heavy atom. The molecule has 1 heterocycles. The molecule has 22 heavy (non-hydrogen) atoms. The van der Waals surface area contributed by atoms with Gasteiger partial charge < -0.3 is 9.47 Å². The van der Waals surface area contributed by atoms with E-state index >= 15 is 0 Å². The van der Waals surface area contributed by atoms with Gasteiger partial charge >= 0.3 is 5.97 Å². The largest absolute Gasteiger partial charge is 0.456 e. The summed E-state index contributed by atoms with van der Waals surface area (Å²) in [5, 5.41) is 0. The molecule has 0 aromatic heterocycles. The Kier molecular flexibility index (Phi) is 6.20. The van der Waals surface area contributed by atoms with Gasteiger partial charge in [0.15, 0.2) is 0 Å². The van der Waals surface area contributed by atoms with E-state index in [1.165, 1.54) is 0 Å². The molecule has 0 unspecified atom stereocenters. The quantitative estimate of drug-likeness (QED) is 0.706. The van der Waals surface area contributed by atoms with Crippen LogP contribution >= 0.6 is 0 Å². The molecule has 1 aromatic rings. The van der Waals surface area contributed by atoms with Crippen molar-refractivity contribution >= 4 is 5.97 Å². The number of ether oxygens (including phenoxy) is 2. The highest BCUT2D eigenvalue weighted by molar-refractivity contribution is 5.88. The number of cyclic esters (lactones) is 1. The van der Waals surface area contributed by atoms with Gasteiger partial charge in [-0.2, -0.15) is 0 Å². The van der Waals surface area contributed by atoms with Gasteiger partial charge in [-0.15, -0.1) is 0 Å². The van der Waals surface area contributed by atoms with Crippen LogP contribution in [0.1, 0.15) is 45.6 Å². The van der Waals surface area contributed by atoms with E-state index in [2.05, 4.69) is 13.8 Å².